The van der Waals surface area contributed by atoms with E-state index in [1.807, 2.05) is 6.92 Å². The molecule has 0 aromatic rings. The number of carbonyl (C=O) groups is 1. The van der Waals surface area contributed by atoms with E-state index < -0.39 is 12.1 Å². The fraction of sp³-hybridized carbons (Fsp3) is 0.909. The van der Waals surface area contributed by atoms with Gasteiger partial charge in [-0.25, -0.2) is 0 Å². The van der Waals surface area contributed by atoms with E-state index in [2.05, 4.69) is 0 Å². The van der Waals surface area contributed by atoms with Gasteiger partial charge in [0.15, 0.2) is 0 Å². The van der Waals surface area contributed by atoms with Gasteiger partial charge in [-0.05, 0) is 19.3 Å². The second kappa shape index (κ2) is 5.06. The molecule has 5 heteroatoms. The Kier molecular flexibility index (Phi) is 4.21. The Morgan fingerprint density at radius 2 is 2.12 bits per heavy atom. The van der Waals surface area contributed by atoms with Crippen molar-refractivity contribution >= 4 is 5.91 Å². The molecule has 0 saturated carbocycles. The van der Waals surface area contributed by atoms with Gasteiger partial charge >= 0.3 is 6.18 Å². The van der Waals surface area contributed by atoms with Crippen molar-refractivity contribution in [3.8, 4) is 0 Å². The molecule has 2 atom stereocenters. The minimum absolute atomic E-state index is 0.142. The molecule has 0 unspecified atom stereocenters. The molecule has 94 valence electrons. The Morgan fingerprint density at radius 3 is 2.62 bits per heavy atom. The lowest BCUT2D eigenvalue weighted by molar-refractivity contribution is -0.188. The summed E-state index contributed by atoms with van der Waals surface area (Å²) in [6.45, 7) is 3.94. The van der Waals surface area contributed by atoms with E-state index in [9.17, 15) is 18.0 Å². The fourth-order valence-corrected chi connectivity index (χ4v) is 1.93. The van der Waals surface area contributed by atoms with Crippen molar-refractivity contribution in [3.05, 3.63) is 0 Å². The van der Waals surface area contributed by atoms with E-state index in [1.54, 1.807) is 6.92 Å². The average Bonchev–Trinajstić information content (AvgIpc) is 2.26. The van der Waals surface area contributed by atoms with Gasteiger partial charge in [0.25, 0.3) is 0 Å². The number of hydrogen-bond donors (Lipinski definition) is 0. The molecule has 1 aliphatic rings. The Hall–Kier alpha value is -0.740. The van der Waals surface area contributed by atoms with Crippen LogP contribution >= 0.6 is 0 Å². The predicted octanol–water partition coefficient (Wildman–Crippen LogP) is 2.83. The van der Waals surface area contributed by atoms with Crippen LogP contribution in [0, 0.1) is 11.8 Å². The third-order valence-electron chi connectivity index (χ3n) is 3.23. The van der Waals surface area contributed by atoms with E-state index in [1.165, 1.54) is 4.90 Å². The van der Waals surface area contributed by atoms with Crippen LogP contribution in [0.15, 0.2) is 0 Å². The third kappa shape index (κ3) is 3.12. The Labute approximate surface area is 93.8 Å². The topological polar surface area (TPSA) is 20.3 Å². The molecule has 0 aromatic heterocycles. The first-order chi connectivity index (χ1) is 7.36. The summed E-state index contributed by atoms with van der Waals surface area (Å²) in [5.41, 5.74) is 0. The highest BCUT2D eigenvalue weighted by molar-refractivity contribution is 5.78. The zero-order chi connectivity index (χ0) is 12.3. The number of nitrogens with zero attached hydrogens (tertiary/aromatic N) is 1. The summed E-state index contributed by atoms with van der Waals surface area (Å²) < 4.78 is 37.6. The summed E-state index contributed by atoms with van der Waals surface area (Å²) in [6, 6.07) is 0. The lowest BCUT2D eigenvalue weighted by Crippen LogP contribution is -2.46. The number of rotatable bonds is 2. The van der Waals surface area contributed by atoms with Gasteiger partial charge in [0.05, 0.1) is 5.92 Å². The number of hydrogen-bond acceptors (Lipinski definition) is 1. The van der Waals surface area contributed by atoms with Crippen molar-refractivity contribution in [3.63, 3.8) is 0 Å². The molecule has 0 N–H and O–H groups in total. The van der Waals surface area contributed by atoms with E-state index in [0.29, 0.717) is 19.4 Å². The lowest BCUT2D eigenvalue weighted by Gasteiger charge is -2.35. The number of piperidine rings is 1. The second-order valence-corrected chi connectivity index (χ2v) is 4.47. The summed E-state index contributed by atoms with van der Waals surface area (Å²) in [7, 11) is 0. The Balaban J connectivity index is 2.60. The maximum absolute atomic E-state index is 12.5. The minimum atomic E-state index is -4.17. The maximum Gasteiger partial charge on any atom is 0.393 e. The highest BCUT2D eigenvalue weighted by Gasteiger charge is 2.42. The van der Waals surface area contributed by atoms with Gasteiger partial charge < -0.3 is 4.90 Å². The average molecular weight is 237 g/mol. The first kappa shape index (κ1) is 13.3. The van der Waals surface area contributed by atoms with Crippen LogP contribution in [0.4, 0.5) is 13.2 Å². The summed E-state index contributed by atoms with van der Waals surface area (Å²) >= 11 is 0. The summed E-state index contributed by atoms with van der Waals surface area (Å²) in [6.07, 6.45) is -2.90. The quantitative estimate of drug-likeness (QED) is 0.723. The zero-order valence-electron chi connectivity index (χ0n) is 9.68. The molecule has 1 amide bonds. The van der Waals surface area contributed by atoms with E-state index in [-0.39, 0.29) is 24.8 Å². The molecule has 1 aliphatic heterocycles. The Morgan fingerprint density at radius 1 is 1.50 bits per heavy atom. The molecular weight excluding hydrogens is 219 g/mol. The van der Waals surface area contributed by atoms with Crippen LogP contribution in [0.1, 0.15) is 33.1 Å². The number of amides is 1. The van der Waals surface area contributed by atoms with Crippen molar-refractivity contribution in [2.45, 2.75) is 39.3 Å². The number of halogens is 3. The fourth-order valence-electron chi connectivity index (χ4n) is 1.93. The third-order valence-corrected chi connectivity index (χ3v) is 3.23. The molecule has 1 rings (SSSR count). The highest BCUT2D eigenvalue weighted by atomic mass is 19.4. The molecule has 1 heterocycles. The first-order valence-corrected chi connectivity index (χ1v) is 5.71. The van der Waals surface area contributed by atoms with E-state index in [0.717, 1.165) is 0 Å². The van der Waals surface area contributed by atoms with Gasteiger partial charge in [-0.3, -0.25) is 4.79 Å². The standard InChI is InChI=1S/C11H18F3NO/c1-3-8(2)10(16)15-6-4-5-9(7-15)11(12,13)14/h8-9H,3-7H2,1-2H3/t8-,9+/m1/s1. The minimum Gasteiger partial charge on any atom is -0.342 e. The molecule has 0 radical (unpaired) electrons. The number of alkyl halides is 3. The van der Waals surface area contributed by atoms with Crippen molar-refractivity contribution in [2.75, 3.05) is 13.1 Å². The second-order valence-electron chi connectivity index (χ2n) is 4.47. The van der Waals surface area contributed by atoms with Crippen LogP contribution < -0.4 is 0 Å². The molecule has 0 aromatic carbocycles. The van der Waals surface area contributed by atoms with Crippen LogP contribution in [0.3, 0.4) is 0 Å². The van der Waals surface area contributed by atoms with Crippen LogP contribution in [-0.4, -0.2) is 30.1 Å². The van der Waals surface area contributed by atoms with Gasteiger partial charge in [0.1, 0.15) is 0 Å². The van der Waals surface area contributed by atoms with Gasteiger partial charge in [-0.1, -0.05) is 13.8 Å². The molecule has 0 aliphatic carbocycles. The molecular formula is C11H18F3NO. The van der Waals surface area contributed by atoms with Crippen molar-refractivity contribution in [1.29, 1.82) is 0 Å². The SMILES string of the molecule is CC[C@@H](C)C(=O)N1CCC[C@H](C(F)(F)F)C1. The zero-order valence-corrected chi connectivity index (χ0v) is 9.68. The normalized spacial score (nSPS) is 24.3. The molecule has 0 spiro atoms. The van der Waals surface area contributed by atoms with Crippen molar-refractivity contribution in [2.24, 2.45) is 11.8 Å². The smallest absolute Gasteiger partial charge is 0.342 e. The van der Waals surface area contributed by atoms with Gasteiger partial charge in [0.2, 0.25) is 5.91 Å². The molecule has 0 bridgehead atoms. The van der Waals surface area contributed by atoms with Gasteiger partial charge in [0, 0.05) is 19.0 Å². The van der Waals surface area contributed by atoms with E-state index in [4.69, 9.17) is 0 Å². The Bertz CT molecular complexity index is 252. The number of likely N-dealkylation sites (tertiary alicyclic amines) is 1. The molecule has 1 fully saturated rings. The molecule has 2 nitrogen and oxygen atoms in total. The lowest BCUT2D eigenvalue weighted by atomic mass is 9.96. The van der Waals surface area contributed by atoms with Crippen LogP contribution in [-0.2, 0) is 4.79 Å². The van der Waals surface area contributed by atoms with Crippen LogP contribution in [0.2, 0.25) is 0 Å². The predicted molar refractivity (Wildman–Crippen MR) is 54.8 cm³/mol. The molecule has 1 saturated heterocycles. The summed E-state index contributed by atoms with van der Waals surface area (Å²) in [4.78, 5) is 13.1. The van der Waals surface area contributed by atoms with Gasteiger partial charge in [-0.2, -0.15) is 13.2 Å². The summed E-state index contributed by atoms with van der Waals surface area (Å²) in [5.74, 6) is -1.65. The van der Waals surface area contributed by atoms with Crippen LogP contribution in [0.25, 0.3) is 0 Å². The first-order valence-electron chi connectivity index (χ1n) is 5.71. The monoisotopic (exact) mass is 237 g/mol. The largest absolute Gasteiger partial charge is 0.393 e. The number of carbonyl (C=O) groups excluding carboxylic acids is 1. The molecule has 16 heavy (non-hydrogen) atoms. The van der Waals surface area contributed by atoms with E-state index >= 15 is 0 Å². The summed E-state index contributed by atoms with van der Waals surface area (Å²) in [5, 5.41) is 0. The van der Waals surface area contributed by atoms with Crippen LogP contribution in [0.5, 0.6) is 0 Å². The maximum atomic E-state index is 12.5. The highest BCUT2D eigenvalue weighted by Crippen LogP contribution is 2.33. The van der Waals surface area contributed by atoms with Crippen molar-refractivity contribution in [1.82, 2.24) is 4.90 Å². The van der Waals surface area contributed by atoms with Crippen molar-refractivity contribution < 1.29 is 18.0 Å². The van der Waals surface area contributed by atoms with Gasteiger partial charge in [-0.15, -0.1) is 0 Å².